The van der Waals surface area contributed by atoms with Gasteiger partial charge in [0.2, 0.25) is 5.95 Å². The van der Waals surface area contributed by atoms with Crippen molar-refractivity contribution in [2.45, 2.75) is 51.4 Å². The van der Waals surface area contributed by atoms with Crippen molar-refractivity contribution >= 4 is 17.6 Å². The third-order valence-corrected chi connectivity index (χ3v) is 5.51. The Balaban J connectivity index is 1.90. The highest BCUT2D eigenvalue weighted by Gasteiger charge is 2.39. The maximum Gasteiger partial charge on any atom is 0.421 e. The number of nitriles is 1. The van der Waals surface area contributed by atoms with Crippen molar-refractivity contribution in [1.82, 2.24) is 19.7 Å². The van der Waals surface area contributed by atoms with Crippen LogP contribution in [0.3, 0.4) is 0 Å². The maximum absolute atomic E-state index is 13.6. The van der Waals surface area contributed by atoms with Crippen molar-refractivity contribution < 1.29 is 22.6 Å². The number of hydrogen-bond acceptors (Lipinski definition) is 8. The van der Waals surface area contributed by atoms with E-state index in [0.717, 1.165) is 6.20 Å². The number of halogens is 3. The average molecular weight is 451 g/mol. The summed E-state index contributed by atoms with van der Waals surface area (Å²) in [5.74, 6) is 0.114. The summed E-state index contributed by atoms with van der Waals surface area (Å²) in [4.78, 5) is 8.00. The van der Waals surface area contributed by atoms with Gasteiger partial charge in [0.1, 0.15) is 17.1 Å². The Morgan fingerprint density at radius 1 is 1.25 bits per heavy atom. The zero-order valence-electron chi connectivity index (χ0n) is 18.1. The molecule has 4 heterocycles. The Bertz CT molecular complexity index is 1060. The van der Waals surface area contributed by atoms with Gasteiger partial charge in [-0.15, -0.1) is 0 Å². The molecule has 0 saturated carbocycles. The van der Waals surface area contributed by atoms with E-state index in [4.69, 9.17) is 9.47 Å². The first kappa shape index (κ1) is 22.1. The summed E-state index contributed by atoms with van der Waals surface area (Å²) < 4.78 is 54.0. The summed E-state index contributed by atoms with van der Waals surface area (Å²) >= 11 is 0. The van der Waals surface area contributed by atoms with Crippen molar-refractivity contribution in [3.63, 3.8) is 0 Å². The molecule has 12 heteroatoms. The molecule has 0 amide bonds. The topological polar surface area (TPSA) is 110 Å². The summed E-state index contributed by atoms with van der Waals surface area (Å²) in [5, 5.41) is 20.2. The van der Waals surface area contributed by atoms with Gasteiger partial charge < -0.3 is 20.1 Å². The first-order valence-electron chi connectivity index (χ1n) is 10.2. The van der Waals surface area contributed by atoms with Crippen LogP contribution in [0.15, 0.2) is 6.20 Å². The monoisotopic (exact) mass is 451 g/mol. The van der Waals surface area contributed by atoms with Gasteiger partial charge >= 0.3 is 6.18 Å². The molecule has 0 spiro atoms. The minimum absolute atomic E-state index is 0.0502. The van der Waals surface area contributed by atoms with Gasteiger partial charge in [0, 0.05) is 18.2 Å². The molecular formula is C20H24F3N7O2. The fourth-order valence-electron chi connectivity index (χ4n) is 3.66. The van der Waals surface area contributed by atoms with E-state index in [0.29, 0.717) is 23.9 Å². The summed E-state index contributed by atoms with van der Waals surface area (Å²) in [6.07, 6.45) is -3.88. The number of alkyl halides is 3. The smallest absolute Gasteiger partial charge is 0.421 e. The minimum Gasteiger partial charge on any atom is -0.487 e. The molecule has 32 heavy (non-hydrogen) atoms. The quantitative estimate of drug-likeness (QED) is 0.712. The Kier molecular flexibility index (Phi) is 5.40. The van der Waals surface area contributed by atoms with Crippen LogP contribution in [0.5, 0.6) is 5.75 Å². The number of rotatable bonds is 2. The van der Waals surface area contributed by atoms with Gasteiger partial charge in [0.15, 0.2) is 11.6 Å². The molecule has 2 N–H and O–H groups in total. The molecule has 0 radical (unpaired) electrons. The summed E-state index contributed by atoms with van der Waals surface area (Å²) in [5.41, 5.74) is -1.51. The largest absolute Gasteiger partial charge is 0.487 e. The molecule has 2 aliphatic rings. The Morgan fingerprint density at radius 3 is 2.66 bits per heavy atom. The van der Waals surface area contributed by atoms with Crippen LogP contribution in [0.2, 0.25) is 0 Å². The Morgan fingerprint density at radius 2 is 2.00 bits per heavy atom. The number of fused-ring (bicyclic) bond motifs is 4. The fourth-order valence-corrected chi connectivity index (χ4v) is 3.66. The van der Waals surface area contributed by atoms with Gasteiger partial charge in [-0.1, -0.05) is 0 Å². The maximum atomic E-state index is 13.6. The normalized spacial score (nSPS) is 20.8. The van der Waals surface area contributed by atoms with Gasteiger partial charge in [-0.25, -0.2) is 9.67 Å². The highest BCUT2D eigenvalue weighted by atomic mass is 19.4. The van der Waals surface area contributed by atoms with Crippen LogP contribution in [0.4, 0.5) is 30.8 Å². The second kappa shape index (κ2) is 7.81. The number of nitrogens with one attached hydrogen (secondary N) is 2. The second-order valence-electron chi connectivity index (χ2n) is 8.74. The molecule has 1 saturated heterocycles. The zero-order chi connectivity index (χ0) is 23.3. The predicted octanol–water partition coefficient (Wildman–Crippen LogP) is 3.64. The molecule has 1 fully saturated rings. The van der Waals surface area contributed by atoms with E-state index < -0.39 is 23.2 Å². The predicted molar refractivity (Wildman–Crippen MR) is 109 cm³/mol. The van der Waals surface area contributed by atoms with Crippen LogP contribution < -0.4 is 15.4 Å². The third kappa shape index (κ3) is 3.92. The van der Waals surface area contributed by atoms with E-state index in [2.05, 4.69) is 31.8 Å². The number of nitrogens with zero attached hydrogens (tertiary/aromatic N) is 5. The highest BCUT2D eigenvalue weighted by Crippen LogP contribution is 2.41. The van der Waals surface area contributed by atoms with Crippen LogP contribution in [0.25, 0.3) is 0 Å². The van der Waals surface area contributed by atoms with Gasteiger partial charge in [0.25, 0.3) is 0 Å². The lowest BCUT2D eigenvalue weighted by molar-refractivity contribution is -0.137. The highest BCUT2D eigenvalue weighted by molar-refractivity contribution is 5.64. The SMILES string of the molecule is CC(C)n1nc(C(C)(C)C#N)c2c1Nc1ncc(C(F)(F)F)c(n1)N[C@@H]1COC[C@H]1CO2. The van der Waals surface area contributed by atoms with Crippen LogP contribution in [-0.4, -0.2) is 45.6 Å². The van der Waals surface area contributed by atoms with Crippen molar-refractivity contribution in [3.05, 3.63) is 17.5 Å². The molecule has 0 aliphatic carbocycles. The molecule has 0 aromatic carbocycles. The number of anilines is 3. The van der Waals surface area contributed by atoms with Crippen LogP contribution in [0.1, 0.15) is 45.0 Å². The lowest BCUT2D eigenvalue weighted by atomic mass is 9.91. The lowest BCUT2D eigenvalue weighted by Crippen LogP contribution is -2.33. The number of aromatic nitrogens is 4. The molecule has 2 atom stereocenters. The first-order valence-corrected chi connectivity index (χ1v) is 10.2. The van der Waals surface area contributed by atoms with Crippen molar-refractivity contribution in [2.75, 3.05) is 30.5 Å². The standard InChI is InChI=1S/C20H24F3N7O2/c1-10(2)30-17-14(15(29-30)19(3,4)9-24)32-7-11-6-31-8-13(11)26-16-12(20(21,22)23)5-25-18(27-16)28-17/h5,10-11,13H,6-8H2,1-4H3,(H2,25,26,27,28)/t11-,13+/m0/s1. The molecule has 2 aromatic rings. The lowest BCUT2D eigenvalue weighted by Gasteiger charge is -2.22. The molecule has 9 nitrogen and oxygen atoms in total. The van der Waals surface area contributed by atoms with E-state index in [9.17, 15) is 18.4 Å². The van der Waals surface area contributed by atoms with Crippen molar-refractivity contribution in [1.29, 1.82) is 5.26 Å². The zero-order valence-corrected chi connectivity index (χ0v) is 18.1. The molecule has 2 aliphatic heterocycles. The number of hydrogen-bond donors (Lipinski definition) is 2. The van der Waals surface area contributed by atoms with Crippen LogP contribution in [-0.2, 0) is 16.3 Å². The number of ether oxygens (including phenoxy) is 2. The van der Waals surface area contributed by atoms with Gasteiger partial charge in [0.05, 0.1) is 37.3 Å². The molecule has 0 unspecified atom stereocenters. The first-order chi connectivity index (χ1) is 15.0. The Hall–Kier alpha value is -3.07. The van der Waals surface area contributed by atoms with E-state index in [1.807, 2.05) is 13.8 Å². The van der Waals surface area contributed by atoms with E-state index >= 15 is 0 Å². The summed E-state index contributed by atoms with van der Waals surface area (Å²) in [6.45, 7) is 7.93. The average Bonchev–Trinajstić information content (AvgIpc) is 3.29. The van der Waals surface area contributed by atoms with Crippen LogP contribution in [0, 0.1) is 17.2 Å². The Labute approximate surface area is 182 Å². The summed E-state index contributed by atoms with van der Waals surface area (Å²) in [7, 11) is 0. The van der Waals surface area contributed by atoms with Crippen molar-refractivity contribution in [3.8, 4) is 11.8 Å². The van der Waals surface area contributed by atoms with Gasteiger partial charge in [-0.2, -0.15) is 28.5 Å². The molecule has 4 rings (SSSR count). The van der Waals surface area contributed by atoms with E-state index in [-0.39, 0.29) is 36.9 Å². The molecule has 172 valence electrons. The third-order valence-electron chi connectivity index (χ3n) is 5.51. The minimum atomic E-state index is -4.62. The molecule has 2 aromatic heterocycles. The fraction of sp³-hybridized carbons (Fsp3) is 0.600. The van der Waals surface area contributed by atoms with Gasteiger partial charge in [-0.05, 0) is 27.7 Å². The second-order valence-corrected chi connectivity index (χ2v) is 8.74. The van der Waals surface area contributed by atoms with E-state index in [1.54, 1.807) is 18.5 Å². The van der Waals surface area contributed by atoms with Crippen molar-refractivity contribution in [2.24, 2.45) is 5.92 Å². The molecular weight excluding hydrogens is 427 g/mol. The van der Waals surface area contributed by atoms with E-state index in [1.165, 1.54) is 0 Å². The molecule has 2 bridgehead atoms. The summed E-state index contributed by atoms with van der Waals surface area (Å²) in [6, 6.07) is 1.66. The van der Waals surface area contributed by atoms with Gasteiger partial charge in [-0.3, -0.25) is 0 Å². The van der Waals surface area contributed by atoms with Crippen LogP contribution >= 0.6 is 0 Å².